The molecule has 2 fully saturated rings. The minimum atomic E-state index is 0.126. The molecule has 0 aromatic carbocycles. The van der Waals surface area contributed by atoms with Crippen molar-refractivity contribution in [3.05, 3.63) is 40.6 Å². The molecule has 2 atom stereocenters. The van der Waals surface area contributed by atoms with E-state index >= 15 is 0 Å². The number of amides is 1. The molecule has 114 valence electrons. The van der Waals surface area contributed by atoms with E-state index in [1.807, 2.05) is 16.2 Å². The quantitative estimate of drug-likeness (QED) is 0.869. The van der Waals surface area contributed by atoms with Gasteiger partial charge in [0.25, 0.3) is 0 Å². The number of hydrogen-bond donors (Lipinski definition) is 0. The van der Waals surface area contributed by atoms with E-state index in [4.69, 9.17) is 0 Å². The lowest BCUT2D eigenvalue weighted by Gasteiger charge is -2.20. The van der Waals surface area contributed by atoms with Crippen LogP contribution in [0.3, 0.4) is 0 Å². The Morgan fingerprint density at radius 1 is 1.23 bits per heavy atom. The van der Waals surface area contributed by atoms with Gasteiger partial charge in [-0.3, -0.25) is 9.69 Å². The molecule has 2 aliphatic rings. The Balaban J connectivity index is 1.44. The van der Waals surface area contributed by atoms with Crippen LogP contribution >= 0.6 is 11.3 Å². The van der Waals surface area contributed by atoms with Crippen LogP contribution in [0.4, 0.5) is 5.69 Å². The number of anilines is 1. The average molecular weight is 314 g/mol. The fraction of sp³-hybridized carbons (Fsp3) is 0.438. The molecule has 2 aromatic rings. The van der Waals surface area contributed by atoms with Gasteiger partial charge in [-0.2, -0.15) is 0 Å². The number of hydrogen-bond acceptors (Lipinski definition) is 5. The highest BCUT2D eigenvalue weighted by molar-refractivity contribution is 7.11. The van der Waals surface area contributed by atoms with Crippen molar-refractivity contribution in [2.75, 3.05) is 24.5 Å². The molecule has 1 amide bonds. The van der Waals surface area contributed by atoms with Crippen LogP contribution in [0.1, 0.15) is 9.75 Å². The number of nitrogens with zero attached hydrogens (tertiary/aromatic N) is 4. The Morgan fingerprint density at radius 2 is 2.05 bits per heavy atom. The smallest absolute Gasteiger partial charge is 0.231 e. The molecule has 0 N–H and O–H groups in total. The van der Waals surface area contributed by atoms with Crippen molar-refractivity contribution in [1.82, 2.24) is 14.9 Å². The fourth-order valence-electron chi connectivity index (χ4n) is 3.53. The van der Waals surface area contributed by atoms with Crippen LogP contribution < -0.4 is 4.90 Å². The maximum atomic E-state index is 12.6. The third-order valence-corrected chi connectivity index (χ3v) is 5.54. The fourth-order valence-corrected chi connectivity index (χ4v) is 4.47. The second-order valence-corrected chi connectivity index (χ2v) is 7.49. The summed E-state index contributed by atoms with van der Waals surface area (Å²) < 4.78 is 0. The lowest BCUT2D eigenvalue weighted by atomic mass is 10.0. The van der Waals surface area contributed by atoms with Gasteiger partial charge < -0.3 is 4.90 Å². The van der Waals surface area contributed by atoms with Crippen LogP contribution in [0.2, 0.25) is 0 Å². The van der Waals surface area contributed by atoms with Crippen molar-refractivity contribution in [3.8, 4) is 0 Å². The van der Waals surface area contributed by atoms with Gasteiger partial charge in [0, 0.05) is 41.9 Å². The van der Waals surface area contributed by atoms with E-state index in [1.165, 1.54) is 16.1 Å². The van der Waals surface area contributed by atoms with Gasteiger partial charge in [-0.25, -0.2) is 9.97 Å². The van der Waals surface area contributed by atoms with Crippen LogP contribution in [0.5, 0.6) is 0 Å². The normalized spacial score (nSPS) is 25.0. The van der Waals surface area contributed by atoms with E-state index < -0.39 is 0 Å². The van der Waals surface area contributed by atoms with E-state index in [1.54, 1.807) is 12.4 Å². The summed E-state index contributed by atoms with van der Waals surface area (Å²) >= 11 is 1.85. The highest BCUT2D eigenvalue weighted by Crippen LogP contribution is 2.35. The van der Waals surface area contributed by atoms with Gasteiger partial charge in [0.1, 0.15) is 6.33 Å². The number of fused-ring (bicyclic) bond motifs is 1. The van der Waals surface area contributed by atoms with E-state index in [0.29, 0.717) is 5.92 Å². The predicted molar refractivity (Wildman–Crippen MR) is 85.7 cm³/mol. The number of likely N-dealkylation sites (tertiary alicyclic amines) is 1. The monoisotopic (exact) mass is 314 g/mol. The average Bonchev–Trinajstić information content (AvgIpc) is 3.18. The summed E-state index contributed by atoms with van der Waals surface area (Å²) in [5, 5.41) is 0. The molecule has 4 rings (SSSR count). The molecule has 5 nitrogen and oxygen atoms in total. The molecule has 2 saturated heterocycles. The molecule has 0 unspecified atom stereocenters. The maximum Gasteiger partial charge on any atom is 0.231 e. The highest BCUT2D eigenvalue weighted by atomic mass is 32.1. The zero-order valence-electron chi connectivity index (χ0n) is 12.5. The molecule has 0 bridgehead atoms. The van der Waals surface area contributed by atoms with E-state index in [0.717, 1.165) is 31.9 Å². The summed E-state index contributed by atoms with van der Waals surface area (Å²) in [5.74, 6) is 0.777. The summed E-state index contributed by atoms with van der Waals surface area (Å²) in [6.45, 7) is 5.75. The van der Waals surface area contributed by atoms with Crippen LogP contribution in [0, 0.1) is 18.8 Å². The third-order valence-electron chi connectivity index (χ3n) is 4.55. The molecular weight excluding hydrogens is 296 g/mol. The molecule has 0 saturated carbocycles. The molecule has 22 heavy (non-hydrogen) atoms. The highest BCUT2D eigenvalue weighted by Gasteiger charge is 2.46. The van der Waals surface area contributed by atoms with Crippen molar-refractivity contribution in [2.24, 2.45) is 11.8 Å². The lowest BCUT2D eigenvalue weighted by Crippen LogP contribution is -2.32. The van der Waals surface area contributed by atoms with Gasteiger partial charge in [-0.05, 0) is 19.1 Å². The Kier molecular flexibility index (Phi) is 3.43. The van der Waals surface area contributed by atoms with Gasteiger partial charge in [0.2, 0.25) is 5.91 Å². The molecular formula is C16H18N4OS. The summed E-state index contributed by atoms with van der Waals surface area (Å²) in [4.78, 5) is 27.7. The van der Waals surface area contributed by atoms with E-state index in [2.05, 4.69) is 33.9 Å². The molecule has 6 heteroatoms. The second-order valence-electron chi connectivity index (χ2n) is 6.12. The predicted octanol–water partition coefficient (Wildman–Crippen LogP) is 1.94. The van der Waals surface area contributed by atoms with Gasteiger partial charge in [-0.1, -0.05) is 0 Å². The van der Waals surface area contributed by atoms with Crippen molar-refractivity contribution >= 4 is 22.9 Å². The molecule has 2 aliphatic heterocycles. The van der Waals surface area contributed by atoms with Crippen LogP contribution in [0.15, 0.2) is 30.9 Å². The number of carbonyl (C=O) groups is 1. The lowest BCUT2D eigenvalue weighted by molar-refractivity contribution is -0.120. The summed E-state index contributed by atoms with van der Waals surface area (Å²) in [6, 6.07) is 4.36. The Hall–Kier alpha value is -1.79. The third kappa shape index (κ3) is 2.42. The minimum Gasteiger partial charge on any atom is -0.309 e. The van der Waals surface area contributed by atoms with Crippen molar-refractivity contribution in [1.29, 1.82) is 0 Å². The number of thiophene rings is 1. The Labute approximate surface area is 133 Å². The largest absolute Gasteiger partial charge is 0.309 e. The second kappa shape index (κ2) is 5.44. The van der Waals surface area contributed by atoms with Gasteiger partial charge >= 0.3 is 0 Å². The van der Waals surface area contributed by atoms with Gasteiger partial charge in [0.05, 0.1) is 24.0 Å². The first-order valence-electron chi connectivity index (χ1n) is 7.55. The molecule has 0 aliphatic carbocycles. The molecule has 0 radical (unpaired) electrons. The van der Waals surface area contributed by atoms with Crippen LogP contribution in [0.25, 0.3) is 0 Å². The molecule has 4 heterocycles. The number of rotatable bonds is 3. The number of aryl methyl sites for hydroxylation is 1. The van der Waals surface area contributed by atoms with Crippen molar-refractivity contribution in [2.45, 2.75) is 13.5 Å². The SMILES string of the molecule is Cc1ccc(CN2C[C@@H]3CN(c4cncnc4)C(=O)[C@@H]3C2)s1. The zero-order chi connectivity index (χ0) is 15.1. The first-order chi connectivity index (χ1) is 10.7. The van der Waals surface area contributed by atoms with Crippen LogP contribution in [-0.2, 0) is 11.3 Å². The first kappa shape index (κ1) is 13.8. The van der Waals surface area contributed by atoms with Gasteiger partial charge in [-0.15, -0.1) is 11.3 Å². The summed E-state index contributed by atoms with van der Waals surface area (Å²) in [7, 11) is 0. The molecule has 0 spiro atoms. The summed E-state index contributed by atoms with van der Waals surface area (Å²) in [5.41, 5.74) is 0.822. The first-order valence-corrected chi connectivity index (χ1v) is 8.36. The molecule has 2 aromatic heterocycles. The minimum absolute atomic E-state index is 0.126. The van der Waals surface area contributed by atoms with Crippen molar-refractivity contribution in [3.63, 3.8) is 0 Å². The number of carbonyl (C=O) groups excluding carboxylic acids is 1. The van der Waals surface area contributed by atoms with E-state index in [-0.39, 0.29) is 11.8 Å². The Morgan fingerprint density at radius 3 is 2.73 bits per heavy atom. The van der Waals surface area contributed by atoms with E-state index in [9.17, 15) is 4.79 Å². The topological polar surface area (TPSA) is 49.3 Å². The maximum absolute atomic E-state index is 12.6. The summed E-state index contributed by atoms with van der Waals surface area (Å²) in [6.07, 6.45) is 4.94. The standard InChI is InChI=1S/C16H18N4OS/c1-11-2-3-14(22-11)8-19-6-12-7-20(16(21)15(12)9-19)13-4-17-10-18-5-13/h2-5,10,12,15H,6-9H2,1H3/t12-,15-/m1/s1. The van der Waals surface area contributed by atoms with Crippen LogP contribution in [-0.4, -0.2) is 40.4 Å². The zero-order valence-corrected chi connectivity index (χ0v) is 13.3. The van der Waals surface area contributed by atoms with Gasteiger partial charge in [0.15, 0.2) is 0 Å². The Bertz CT molecular complexity index is 686. The van der Waals surface area contributed by atoms with Crippen molar-refractivity contribution < 1.29 is 4.79 Å². The number of aromatic nitrogens is 2.